The molecule has 2 aromatic carbocycles. The Balaban J connectivity index is 2.01. The van der Waals surface area contributed by atoms with E-state index in [9.17, 15) is 4.79 Å². The molecule has 1 amide bonds. The van der Waals surface area contributed by atoms with Gasteiger partial charge in [0, 0.05) is 22.3 Å². The van der Waals surface area contributed by atoms with Gasteiger partial charge in [0.1, 0.15) is 0 Å². The van der Waals surface area contributed by atoms with Gasteiger partial charge in [-0.15, -0.1) is 10.2 Å². The fraction of sp³-hybridized carbons (Fsp3) is 0.286. The maximum Gasteiger partial charge on any atom is 0.233 e. The zero-order valence-electron chi connectivity index (χ0n) is 16.3. The van der Waals surface area contributed by atoms with Gasteiger partial charge >= 0.3 is 0 Å². The van der Waals surface area contributed by atoms with Crippen LogP contribution in [0, 0.1) is 6.92 Å². The van der Waals surface area contributed by atoms with Crippen molar-refractivity contribution in [1.29, 1.82) is 0 Å². The van der Waals surface area contributed by atoms with Crippen LogP contribution in [0.4, 0.5) is 0 Å². The first-order valence-corrected chi connectivity index (χ1v) is 10.4. The topological polar surface area (TPSA) is 59.8 Å². The lowest BCUT2D eigenvalue weighted by Crippen LogP contribution is -2.36. The Morgan fingerprint density at radius 1 is 1.04 bits per heavy atom. The summed E-state index contributed by atoms with van der Waals surface area (Å²) in [4.78, 5) is 12.4. The molecule has 0 unspecified atom stereocenters. The number of hydrogen-bond donors (Lipinski definition) is 1. The normalized spacial score (nSPS) is 12.2. The summed E-state index contributed by atoms with van der Waals surface area (Å²) in [5.41, 5.74) is 3.03. The Morgan fingerprint density at radius 2 is 1.68 bits per heavy atom. The SMILES string of the molecule is Cc1ccc(-c2nnc(S[C@H](C)C(=O)NC(C)C)n2-c2ccc(Cl)cc2)cc1. The molecule has 0 saturated heterocycles. The second-order valence-electron chi connectivity index (χ2n) is 6.91. The minimum absolute atomic E-state index is 0.0254. The van der Waals surface area contributed by atoms with E-state index in [2.05, 4.69) is 15.5 Å². The van der Waals surface area contributed by atoms with Gasteiger partial charge in [-0.05, 0) is 52.0 Å². The van der Waals surface area contributed by atoms with Crippen LogP contribution in [0.2, 0.25) is 5.02 Å². The lowest BCUT2D eigenvalue weighted by atomic mass is 10.1. The number of halogens is 1. The molecule has 1 atom stereocenters. The first kappa shape index (κ1) is 20.4. The number of rotatable bonds is 6. The van der Waals surface area contributed by atoms with Crippen molar-refractivity contribution in [3.05, 3.63) is 59.1 Å². The van der Waals surface area contributed by atoms with Crippen molar-refractivity contribution in [3.63, 3.8) is 0 Å². The van der Waals surface area contributed by atoms with E-state index in [1.165, 1.54) is 17.3 Å². The molecule has 0 bridgehead atoms. The van der Waals surface area contributed by atoms with Crippen LogP contribution in [0.15, 0.2) is 53.7 Å². The molecule has 3 aromatic rings. The van der Waals surface area contributed by atoms with E-state index in [0.29, 0.717) is 10.2 Å². The summed E-state index contributed by atoms with van der Waals surface area (Å²) in [6, 6.07) is 15.7. The molecule has 28 heavy (non-hydrogen) atoms. The molecule has 3 rings (SSSR count). The molecule has 7 heteroatoms. The lowest BCUT2D eigenvalue weighted by Gasteiger charge is -2.15. The quantitative estimate of drug-likeness (QED) is 0.582. The molecule has 0 fully saturated rings. The summed E-state index contributed by atoms with van der Waals surface area (Å²) in [5, 5.41) is 12.7. The van der Waals surface area contributed by atoms with Crippen molar-refractivity contribution < 1.29 is 4.79 Å². The second-order valence-corrected chi connectivity index (χ2v) is 8.65. The van der Waals surface area contributed by atoms with Crippen molar-refractivity contribution in [2.24, 2.45) is 0 Å². The van der Waals surface area contributed by atoms with Gasteiger partial charge in [-0.3, -0.25) is 9.36 Å². The summed E-state index contributed by atoms with van der Waals surface area (Å²) < 4.78 is 1.96. The molecule has 0 aliphatic heterocycles. The molecule has 146 valence electrons. The highest BCUT2D eigenvalue weighted by Gasteiger charge is 2.22. The van der Waals surface area contributed by atoms with Crippen molar-refractivity contribution in [3.8, 4) is 17.1 Å². The lowest BCUT2D eigenvalue weighted by molar-refractivity contribution is -0.120. The molecule has 0 saturated carbocycles. The molecular formula is C21H23ClN4OS. The first-order chi connectivity index (χ1) is 13.3. The number of amides is 1. The number of aryl methyl sites for hydroxylation is 1. The number of hydrogen-bond acceptors (Lipinski definition) is 4. The Hall–Kier alpha value is -2.31. The minimum Gasteiger partial charge on any atom is -0.353 e. The Morgan fingerprint density at radius 3 is 2.29 bits per heavy atom. The van der Waals surface area contributed by atoms with Crippen LogP contribution >= 0.6 is 23.4 Å². The van der Waals surface area contributed by atoms with Gasteiger partial charge in [-0.2, -0.15) is 0 Å². The van der Waals surface area contributed by atoms with Gasteiger partial charge in [0.05, 0.1) is 5.25 Å². The third kappa shape index (κ3) is 4.75. The standard InChI is InChI=1S/C21H23ClN4OS/c1-13(2)23-20(27)15(4)28-21-25-24-19(16-7-5-14(3)6-8-16)26(21)18-11-9-17(22)10-12-18/h5-13,15H,1-4H3,(H,23,27)/t15-/m1/s1. The maximum atomic E-state index is 12.4. The molecule has 1 heterocycles. The Bertz CT molecular complexity index is 952. The van der Waals surface area contributed by atoms with Gasteiger partial charge < -0.3 is 5.32 Å². The van der Waals surface area contributed by atoms with E-state index in [0.717, 1.165) is 17.1 Å². The molecule has 1 aromatic heterocycles. The van der Waals surface area contributed by atoms with Gasteiger partial charge in [-0.25, -0.2) is 0 Å². The average molecular weight is 415 g/mol. The highest BCUT2D eigenvalue weighted by molar-refractivity contribution is 8.00. The van der Waals surface area contributed by atoms with Crippen molar-refractivity contribution in [2.45, 2.75) is 44.1 Å². The minimum atomic E-state index is -0.302. The molecular weight excluding hydrogens is 392 g/mol. The number of carbonyl (C=O) groups excluding carboxylic acids is 1. The molecule has 0 spiro atoms. The Kier molecular flexibility index (Phi) is 6.42. The van der Waals surface area contributed by atoms with Gasteiger partial charge in [0.15, 0.2) is 11.0 Å². The van der Waals surface area contributed by atoms with Crippen molar-refractivity contribution >= 4 is 29.3 Å². The fourth-order valence-corrected chi connectivity index (χ4v) is 3.67. The summed E-state index contributed by atoms with van der Waals surface area (Å²) in [7, 11) is 0. The third-order valence-corrected chi connectivity index (χ3v) is 5.40. The zero-order chi connectivity index (χ0) is 20.3. The maximum absolute atomic E-state index is 12.4. The van der Waals surface area contributed by atoms with Crippen LogP contribution in [0.25, 0.3) is 17.1 Å². The zero-order valence-corrected chi connectivity index (χ0v) is 17.9. The molecule has 0 aliphatic carbocycles. The fourth-order valence-electron chi connectivity index (χ4n) is 2.67. The second kappa shape index (κ2) is 8.80. The summed E-state index contributed by atoms with van der Waals surface area (Å²) in [6.07, 6.45) is 0. The summed E-state index contributed by atoms with van der Waals surface area (Å²) >= 11 is 7.45. The molecule has 5 nitrogen and oxygen atoms in total. The predicted molar refractivity (Wildman–Crippen MR) is 115 cm³/mol. The van der Waals surface area contributed by atoms with Gasteiger partial charge in [0.2, 0.25) is 5.91 Å². The number of benzene rings is 2. The number of carbonyl (C=O) groups is 1. The Labute approximate surface area is 174 Å². The first-order valence-electron chi connectivity index (χ1n) is 9.10. The molecule has 0 radical (unpaired) electrons. The van der Waals surface area contributed by atoms with Gasteiger partial charge in [0.25, 0.3) is 0 Å². The number of aromatic nitrogens is 3. The van der Waals surface area contributed by atoms with E-state index in [4.69, 9.17) is 11.6 Å². The highest BCUT2D eigenvalue weighted by atomic mass is 35.5. The van der Waals surface area contributed by atoms with Crippen LogP contribution < -0.4 is 5.32 Å². The number of thioether (sulfide) groups is 1. The average Bonchev–Trinajstić information content (AvgIpc) is 3.06. The van der Waals surface area contributed by atoms with E-state index in [1.807, 2.05) is 80.8 Å². The molecule has 0 aliphatic rings. The van der Waals surface area contributed by atoms with Crippen molar-refractivity contribution in [1.82, 2.24) is 20.1 Å². The highest BCUT2D eigenvalue weighted by Crippen LogP contribution is 2.30. The van der Waals surface area contributed by atoms with Crippen LogP contribution in [-0.4, -0.2) is 32.0 Å². The van der Waals surface area contributed by atoms with Crippen LogP contribution in [0.1, 0.15) is 26.3 Å². The largest absolute Gasteiger partial charge is 0.353 e. The van der Waals surface area contributed by atoms with E-state index >= 15 is 0 Å². The summed E-state index contributed by atoms with van der Waals surface area (Å²) in [5.74, 6) is 0.698. The number of nitrogens with zero attached hydrogens (tertiary/aromatic N) is 3. The summed E-state index contributed by atoms with van der Waals surface area (Å²) in [6.45, 7) is 7.81. The predicted octanol–water partition coefficient (Wildman–Crippen LogP) is 4.90. The van der Waals surface area contributed by atoms with Crippen LogP contribution in [-0.2, 0) is 4.79 Å². The van der Waals surface area contributed by atoms with E-state index in [1.54, 1.807) is 0 Å². The third-order valence-electron chi connectivity index (χ3n) is 4.11. The van der Waals surface area contributed by atoms with Crippen molar-refractivity contribution in [2.75, 3.05) is 0 Å². The van der Waals surface area contributed by atoms with Crippen LogP contribution in [0.5, 0.6) is 0 Å². The van der Waals surface area contributed by atoms with Gasteiger partial charge in [-0.1, -0.05) is 53.2 Å². The van der Waals surface area contributed by atoms with E-state index in [-0.39, 0.29) is 17.2 Å². The monoisotopic (exact) mass is 414 g/mol. The van der Waals surface area contributed by atoms with E-state index < -0.39 is 0 Å². The van der Waals surface area contributed by atoms with Crippen LogP contribution in [0.3, 0.4) is 0 Å². The smallest absolute Gasteiger partial charge is 0.233 e. The number of nitrogens with one attached hydrogen (secondary N) is 1. The molecule has 1 N–H and O–H groups in total.